The van der Waals surface area contributed by atoms with E-state index < -0.39 is 12.1 Å². The number of carbonyl (C=O) groups is 1. The van der Waals surface area contributed by atoms with E-state index in [0.29, 0.717) is 5.92 Å². The molecule has 2 aliphatic rings. The number of aliphatic carboxylic acids is 1. The van der Waals surface area contributed by atoms with Crippen LogP contribution in [0.1, 0.15) is 42.5 Å². The number of rotatable bonds is 8. The van der Waals surface area contributed by atoms with Crippen molar-refractivity contribution in [1.82, 2.24) is 14.7 Å². The highest BCUT2D eigenvalue weighted by Gasteiger charge is 2.38. The molecule has 4 rings (SSSR count). The number of methoxy groups -OCH3 is 1. The largest absolute Gasteiger partial charge is 0.497 e. The first-order valence-corrected chi connectivity index (χ1v) is 11.0. The van der Waals surface area contributed by atoms with Crippen LogP contribution in [0.15, 0.2) is 30.5 Å². The second-order valence-corrected chi connectivity index (χ2v) is 8.37. The summed E-state index contributed by atoms with van der Waals surface area (Å²) in [5.74, 6) is -0.600. The molecule has 7 nitrogen and oxygen atoms in total. The van der Waals surface area contributed by atoms with Crippen LogP contribution in [0, 0.1) is 5.92 Å². The maximum Gasteiger partial charge on any atom is 0.490 e. The number of halogens is 3. The van der Waals surface area contributed by atoms with Gasteiger partial charge in [0.05, 0.1) is 19.4 Å². The van der Waals surface area contributed by atoms with Gasteiger partial charge in [-0.3, -0.25) is 9.58 Å². The molecular weight excluding hydrogens is 439 g/mol. The first-order chi connectivity index (χ1) is 15.7. The predicted molar refractivity (Wildman–Crippen MR) is 115 cm³/mol. The number of benzene rings is 1. The van der Waals surface area contributed by atoms with Gasteiger partial charge in [-0.05, 0) is 43.4 Å². The van der Waals surface area contributed by atoms with Gasteiger partial charge in [-0.15, -0.1) is 0 Å². The Labute approximate surface area is 191 Å². The third kappa shape index (κ3) is 7.46. The Balaban J connectivity index is 0.000000383. The van der Waals surface area contributed by atoms with Gasteiger partial charge < -0.3 is 14.6 Å². The number of hydrogen-bond donors (Lipinski definition) is 1. The van der Waals surface area contributed by atoms with Crippen molar-refractivity contribution in [3.8, 4) is 5.75 Å². The van der Waals surface area contributed by atoms with Crippen LogP contribution in [0.5, 0.6) is 5.75 Å². The number of hydrogen-bond acceptors (Lipinski definition) is 5. The number of carboxylic acid groups (broad SMARTS) is 1. The molecule has 0 bridgehead atoms. The maximum atomic E-state index is 10.6. The summed E-state index contributed by atoms with van der Waals surface area (Å²) in [6.07, 6.45) is -0.0882. The van der Waals surface area contributed by atoms with Crippen LogP contribution in [0.4, 0.5) is 13.2 Å². The molecule has 0 amide bonds. The molecule has 1 fully saturated rings. The van der Waals surface area contributed by atoms with Gasteiger partial charge in [0.25, 0.3) is 0 Å². The fourth-order valence-electron chi connectivity index (χ4n) is 3.80. The average molecular weight is 470 g/mol. The molecule has 1 aromatic carbocycles. The number of alkyl halides is 3. The lowest BCUT2D eigenvalue weighted by Crippen LogP contribution is -2.34. The van der Waals surface area contributed by atoms with Crippen LogP contribution in [-0.2, 0) is 29.2 Å². The van der Waals surface area contributed by atoms with Gasteiger partial charge in [0, 0.05) is 50.5 Å². The molecule has 1 saturated carbocycles. The molecule has 1 unspecified atom stereocenters. The Morgan fingerprint density at radius 1 is 1.24 bits per heavy atom. The first-order valence-electron chi connectivity index (χ1n) is 11.0. The Morgan fingerprint density at radius 3 is 2.45 bits per heavy atom. The molecule has 182 valence electrons. The lowest BCUT2D eigenvalue weighted by molar-refractivity contribution is -0.192. The zero-order valence-corrected chi connectivity index (χ0v) is 18.8. The van der Waals surface area contributed by atoms with Crippen molar-refractivity contribution in [3.63, 3.8) is 0 Å². The number of carboxylic acids is 1. The summed E-state index contributed by atoms with van der Waals surface area (Å²) in [7, 11) is 1.71. The predicted octanol–water partition coefficient (Wildman–Crippen LogP) is 4.07. The Hall–Kier alpha value is -2.59. The summed E-state index contributed by atoms with van der Waals surface area (Å²) in [5.41, 5.74) is 3.93. The Bertz CT molecular complexity index is 911. The minimum Gasteiger partial charge on any atom is -0.497 e. The quantitative estimate of drug-likeness (QED) is 0.628. The monoisotopic (exact) mass is 469 g/mol. The molecule has 0 radical (unpaired) electrons. The summed E-state index contributed by atoms with van der Waals surface area (Å²) in [6, 6.07) is 8.37. The van der Waals surface area contributed by atoms with Gasteiger partial charge in [-0.25, -0.2) is 4.79 Å². The van der Waals surface area contributed by atoms with Crippen molar-refractivity contribution in [1.29, 1.82) is 0 Å². The van der Waals surface area contributed by atoms with Gasteiger partial charge >= 0.3 is 12.1 Å². The minimum absolute atomic E-state index is 0.407. The van der Waals surface area contributed by atoms with Crippen LogP contribution in [-0.4, -0.2) is 58.8 Å². The Kier molecular flexibility index (Phi) is 8.36. The summed E-state index contributed by atoms with van der Waals surface area (Å²) >= 11 is 0. The zero-order chi connectivity index (χ0) is 24.0. The van der Waals surface area contributed by atoms with Crippen LogP contribution < -0.4 is 4.74 Å². The number of aromatic nitrogens is 2. The molecule has 1 aliphatic heterocycles. The molecule has 1 aromatic heterocycles. The van der Waals surface area contributed by atoms with Crippen molar-refractivity contribution in [3.05, 3.63) is 47.3 Å². The van der Waals surface area contributed by atoms with E-state index in [-0.39, 0.29) is 0 Å². The zero-order valence-electron chi connectivity index (χ0n) is 18.8. The van der Waals surface area contributed by atoms with E-state index in [2.05, 4.69) is 34.8 Å². The van der Waals surface area contributed by atoms with Crippen molar-refractivity contribution in [2.45, 2.75) is 51.5 Å². The SMILES string of the molecule is CCOCC1CN(Cc2ccc(OC)cc2)Cc2nn(CC3CC3)cc21.O=C(O)C(F)(F)F. The molecule has 1 atom stereocenters. The van der Waals surface area contributed by atoms with Gasteiger partial charge in [0.2, 0.25) is 0 Å². The highest BCUT2D eigenvalue weighted by molar-refractivity contribution is 5.73. The summed E-state index contributed by atoms with van der Waals surface area (Å²) < 4.78 is 45.0. The molecule has 2 aromatic rings. The third-order valence-electron chi connectivity index (χ3n) is 5.64. The third-order valence-corrected chi connectivity index (χ3v) is 5.64. The summed E-state index contributed by atoms with van der Waals surface area (Å²) in [5, 5.41) is 12.0. The molecule has 1 aliphatic carbocycles. The van der Waals surface area contributed by atoms with Gasteiger partial charge in [-0.1, -0.05) is 12.1 Å². The topological polar surface area (TPSA) is 76.8 Å². The van der Waals surface area contributed by atoms with Crippen LogP contribution in [0.3, 0.4) is 0 Å². The van der Waals surface area contributed by atoms with E-state index in [1.807, 2.05) is 12.1 Å². The fourth-order valence-corrected chi connectivity index (χ4v) is 3.80. The second-order valence-electron chi connectivity index (χ2n) is 8.37. The van der Waals surface area contributed by atoms with E-state index in [0.717, 1.165) is 51.1 Å². The Morgan fingerprint density at radius 2 is 1.91 bits per heavy atom. The van der Waals surface area contributed by atoms with Gasteiger partial charge in [-0.2, -0.15) is 18.3 Å². The molecule has 0 saturated heterocycles. The standard InChI is InChI=1S/C21H29N3O2.C2HF3O2/c1-3-26-15-18-12-23(10-16-6-8-19(25-2)9-7-16)14-21-20(18)13-24(22-21)11-17-4-5-17;3-2(4,5)1(6)7/h6-9,13,17-18H,3-5,10-12,14-15H2,1-2H3;(H,6,7). The summed E-state index contributed by atoms with van der Waals surface area (Å²) in [4.78, 5) is 11.4. The highest BCUT2D eigenvalue weighted by Crippen LogP contribution is 2.33. The van der Waals surface area contributed by atoms with E-state index in [1.54, 1.807) is 7.11 Å². The smallest absolute Gasteiger partial charge is 0.490 e. The fraction of sp³-hybridized carbons (Fsp3) is 0.565. The van der Waals surface area contributed by atoms with Crippen molar-refractivity contribution in [2.24, 2.45) is 5.92 Å². The van der Waals surface area contributed by atoms with Crippen molar-refractivity contribution >= 4 is 5.97 Å². The number of ether oxygens (including phenoxy) is 2. The molecule has 1 N–H and O–H groups in total. The second kappa shape index (κ2) is 11.0. The van der Waals surface area contributed by atoms with Crippen LogP contribution >= 0.6 is 0 Å². The lowest BCUT2D eigenvalue weighted by Gasteiger charge is -2.32. The van der Waals surface area contributed by atoms with Crippen LogP contribution in [0.25, 0.3) is 0 Å². The average Bonchev–Trinajstić information content (AvgIpc) is 3.49. The normalized spacial score (nSPS) is 18.3. The van der Waals surface area contributed by atoms with E-state index in [4.69, 9.17) is 24.5 Å². The molecule has 10 heteroatoms. The van der Waals surface area contributed by atoms with Crippen LogP contribution in [0.2, 0.25) is 0 Å². The van der Waals surface area contributed by atoms with E-state index >= 15 is 0 Å². The van der Waals surface area contributed by atoms with Crippen molar-refractivity contribution < 1.29 is 32.5 Å². The van der Waals surface area contributed by atoms with Gasteiger partial charge in [0.15, 0.2) is 0 Å². The first kappa shape index (κ1) is 25.0. The van der Waals surface area contributed by atoms with E-state index in [1.165, 1.54) is 29.7 Å². The van der Waals surface area contributed by atoms with E-state index in [9.17, 15) is 13.2 Å². The highest BCUT2D eigenvalue weighted by atomic mass is 19.4. The van der Waals surface area contributed by atoms with Gasteiger partial charge in [0.1, 0.15) is 5.75 Å². The number of nitrogens with zero attached hydrogens (tertiary/aromatic N) is 3. The minimum atomic E-state index is -5.08. The molecule has 2 heterocycles. The lowest BCUT2D eigenvalue weighted by atomic mass is 9.95. The maximum absolute atomic E-state index is 10.6. The molecule has 33 heavy (non-hydrogen) atoms. The number of fused-ring (bicyclic) bond motifs is 1. The van der Waals surface area contributed by atoms with Crippen molar-refractivity contribution in [2.75, 3.05) is 26.9 Å². The molecular formula is C23H30F3N3O4. The summed E-state index contributed by atoms with van der Waals surface area (Å²) in [6.45, 7) is 7.55. The molecule has 0 spiro atoms.